The highest BCUT2D eigenvalue weighted by atomic mass is 16.2. The largest absolute Gasteiger partial charge is 0.355 e. The first kappa shape index (κ1) is 20.3. The Bertz CT molecular complexity index is 815. The van der Waals surface area contributed by atoms with Crippen molar-refractivity contribution in [3.63, 3.8) is 0 Å². The van der Waals surface area contributed by atoms with Gasteiger partial charge in [-0.2, -0.15) is 10.2 Å². The third-order valence-corrected chi connectivity index (χ3v) is 3.22. The van der Waals surface area contributed by atoms with Crippen LogP contribution in [0, 0.1) is 0 Å². The van der Waals surface area contributed by atoms with Crippen LogP contribution >= 0.6 is 0 Å². The molecule has 2 aromatic rings. The van der Waals surface area contributed by atoms with Gasteiger partial charge in [0.2, 0.25) is 11.8 Å². The smallest absolute Gasteiger partial charge is 0.326 e. The minimum Gasteiger partial charge on any atom is -0.326 e. The number of hydrogen-bond acceptors (Lipinski definition) is 5. The van der Waals surface area contributed by atoms with Crippen molar-refractivity contribution < 1.29 is 14.4 Å². The summed E-state index contributed by atoms with van der Waals surface area (Å²) in [4.78, 5) is 33.5. The van der Waals surface area contributed by atoms with Gasteiger partial charge in [0, 0.05) is 25.2 Å². The summed E-state index contributed by atoms with van der Waals surface area (Å²) in [5.74, 6) is -0.298. The summed E-state index contributed by atoms with van der Waals surface area (Å²) in [6, 6.07) is 13.3. The molecule has 0 bridgehead atoms. The van der Waals surface area contributed by atoms with Crippen molar-refractivity contribution in [1.82, 2.24) is 10.9 Å². The fourth-order valence-electron chi connectivity index (χ4n) is 2.07. The van der Waals surface area contributed by atoms with E-state index in [4.69, 9.17) is 0 Å². The summed E-state index contributed by atoms with van der Waals surface area (Å²) in [7, 11) is 0. The molecule has 28 heavy (non-hydrogen) atoms. The molecule has 0 atom stereocenters. The van der Waals surface area contributed by atoms with Crippen molar-refractivity contribution in [2.24, 2.45) is 10.2 Å². The molecule has 0 unspecified atom stereocenters. The van der Waals surface area contributed by atoms with Crippen LogP contribution in [0.3, 0.4) is 0 Å². The van der Waals surface area contributed by atoms with Gasteiger partial charge in [0.25, 0.3) is 0 Å². The number of hydrazone groups is 2. The predicted molar refractivity (Wildman–Crippen MR) is 108 cm³/mol. The van der Waals surface area contributed by atoms with Crippen LogP contribution in [0.5, 0.6) is 0 Å². The maximum absolute atomic E-state index is 11.6. The first-order chi connectivity index (χ1) is 13.4. The minimum absolute atomic E-state index is 0.149. The first-order valence-corrected chi connectivity index (χ1v) is 8.30. The SMILES string of the molecule is CC(=O)Nc1ccc(C=NNC(=O)NN=Cc2ccc(NC(C)=O)cc2)cc1. The Morgan fingerprint density at radius 1 is 0.679 bits per heavy atom. The van der Waals surface area contributed by atoms with E-state index in [1.807, 2.05) is 0 Å². The third-order valence-electron chi connectivity index (χ3n) is 3.22. The molecule has 144 valence electrons. The highest BCUT2D eigenvalue weighted by Gasteiger charge is 1.97. The maximum atomic E-state index is 11.6. The summed E-state index contributed by atoms with van der Waals surface area (Å²) in [6.45, 7) is 2.86. The number of amides is 4. The van der Waals surface area contributed by atoms with Crippen LogP contribution in [0.15, 0.2) is 58.7 Å². The second-order valence-electron chi connectivity index (χ2n) is 5.68. The molecule has 0 radical (unpaired) electrons. The van der Waals surface area contributed by atoms with Crippen molar-refractivity contribution in [3.8, 4) is 0 Å². The first-order valence-electron chi connectivity index (χ1n) is 8.30. The summed E-state index contributed by atoms with van der Waals surface area (Å²) < 4.78 is 0. The lowest BCUT2D eigenvalue weighted by atomic mass is 10.2. The summed E-state index contributed by atoms with van der Waals surface area (Å²) in [6.07, 6.45) is 2.92. The molecule has 4 N–H and O–H groups in total. The molecule has 9 heteroatoms. The van der Waals surface area contributed by atoms with Crippen LogP contribution in [0.25, 0.3) is 0 Å². The van der Waals surface area contributed by atoms with E-state index < -0.39 is 6.03 Å². The minimum atomic E-state index is -0.600. The lowest BCUT2D eigenvalue weighted by Gasteiger charge is -2.02. The third kappa shape index (κ3) is 7.48. The highest BCUT2D eigenvalue weighted by molar-refractivity contribution is 5.90. The van der Waals surface area contributed by atoms with E-state index in [1.54, 1.807) is 48.5 Å². The van der Waals surface area contributed by atoms with E-state index in [1.165, 1.54) is 26.3 Å². The van der Waals surface area contributed by atoms with Crippen molar-refractivity contribution >= 4 is 41.6 Å². The quantitative estimate of drug-likeness (QED) is 0.454. The number of rotatable bonds is 6. The van der Waals surface area contributed by atoms with Gasteiger partial charge in [0.15, 0.2) is 0 Å². The molecular weight excluding hydrogens is 360 g/mol. The van der Waals surface area contributed by atoms with Crippen molar-refractivity contribution in [1.29, 1.82) is 0 Å². The number of nitrogens with zero attached hydrogens (tertiary/aromatic N) is 2. The number of nitrogens with one attached hydrogen (secondary N) is 4. The van der Waals surface area contributed by atoms with Gasteiger partial charge in [-0.1, -0.05) is 24.3 Å². The van der Waals surface area contributed by atoms with E-state index in [-0.39, 0.29) is 11.8 Å². The van der Waals surface area contributed by atoms with Gasteiger partial charge in [0.1, 0.15) is 0 Å². The second-order valence-corrected chi connectivity index (χ2v) is 5.68. The molecule has 0 aliphatic carbocycles. The Labute approximate surface area is 161 Å². The fourth-order valence-corrected chi connectivity index (χ4v) is 2.07. The Kier molecular flexibility index (Phi) is 7.41. The topological polar surface area (TPSA) is 124 Å². The van der Waals surface area contributed by atoms with Crippen LogP contribution in [0.4, 0.5) is 16.2 Å². The molecular formula is C19H20N6O3. The molecule has 2 rings (SSSR count). The molecule has 9 nitrogen and oxygen atoms in total. The van der Waals surface area contributed by atoms with Gasteiger partial charge in [-0.15, -0.1) is 0 Å². The lowest BCUT2D eigenvalue weighted by molar-refractivity contribution is -0.115. The Hall–Kier alpha value is -4.01. The van der Waals surface area contributed by atoms with Gasteiger partial charge < -0.3 is 10.6 Å². The number of carbonyl (C=O) groups is 3. The molecule has 4 amide bonds. The summed E-state index contributed by atoms with van der Waals surface area (Å²) in [5, 5.41) is 12.9. The standard InChI is InChI=1S/C19H20N6O3/c1-13(26)22-17-7-3-15(4-8-17)11-20-24-19(28)25-21-12-16-5-9-18(10-6-16)23-14(2)27/h3-12H,1-2H3,(H,22,26)(H,23,27)(H2,24,25,28). The zero-order valence-electron chi connectivity index (χ0n) is 15.4. The average molecular weight is 380 g/mol. The predicted octanol–water partition coefficient (Wildman–Crippen LogP) is 2.27. The van der Waals surface area contributed by atoms with Crippen LogP contribution in [0.1, 0.15) is 25.0 Å². The number of hydrogen-bond donors (Lipinski definition) is 4. The summed E-state index contributed by atoms with van der Waals surface area (Å²) in [5.41, 5.74) is 7.41. The van der Waals surface area contributed by atoms with Crippen LogP contribution in [-0.2, 0) is 9.59 Å². The van der Waals surface area contributed by atoms with Gasteiger partial charge in [-0.05, 0) is 35.4 Å². The monoisotopic (exact) mass is 380 g/mol. The van der Waals surface area contributed by atoms with Crippen molar-refractivity contribution in [2.75, 3.05) is 10.6 Å². The second kappa shape index (κ2) is 10.2. The molecule has 2 aromatic carbocycles. The number of carbonyl (C=O) groups excluding carboxylic acids is 3. The van der Waals surface area contributed by atoms with E-state index in [0.29, 0.717) is 11.4 Å². The fraction of sp³-hybridized carbons (Fsp3) is 0.105. The molecule has 0 saturated carbocycles. The van der Waals surface area contributed by atoms with E-state index in [9.17, 15) is 14.4 Å². The van der Waals surface area contributed by atoms with E-state index >= 15 is 0 Å². The Morgan fingerprint density at radius 2 is 1.04 bits per heavy atom. The van der Waals surface area contributed by atoms with Gasteiger partial charge >= 0.3 is 6.03 Å². The highest BCUT2D eigenvalue weighted by Crippen LogP contribution is 2.08. The van der Waals surface area contributed by atoms with Gasteiger partial charge in [0.05, 0.1) is 12.4 Å². The maximum Gasteiger partial charge on any atom is 0.355 e. The molecule has 0 fully saturated rings. The molecule has 0 saturated heterocycles. The molecule has 0 aromatic heterocycles. The zero-order valence-corrected chi connectivity index (χ0v) is 15.4. The molecule has 0 aliphatic rings. The Balaban J connectivity index is 1.77. The molecule has 0 aliphatic heterocycles. The van der Waals surface area contributed by atoms with E-state index in [2.05, 4.69) is 31.7 Å². The van der Waals surface area contributed by atoms with Crippen LogP contribution < -0.4 is 21.5 Å². The lowest BCUT2D eigenvalue weighted by Crippen LogP contribution is -2.28. The zero-order chi connectivity index (χ0) is 20.4. The normalized spacial score (nSPS) is 10.6. The van der Waals surface area contributed by atoms with Crippen molar-refractivity contribution in [2.45, 2.75) is 13.8 Å². The van der Waals surface area contributed by atoms with Crippen molar-refractivity contribution in [3.05, 3.63) is 59.7 Å². The van der Waals surface area contributed by atoms with Gasteiger partial charge in [-0.3, -0.25) is 9.59 Å². The number of anilines is 2. The Morgan fingerprint density at radius 3 is 1.36 bits per heavy atom. The summed E-state index contributed by atoms with van der Waals surface area (Å²) >= 11 is 0. The molecule has 0 heterocycles. The average Bonchev–Trinajstić information content (AvgIpc) is 2.64. The molecule has 0 spiro atoms. The number of benzene rings is 2. The van der Waals surface area contributed by atoms with Gasteiger partial charge in [-0.25, -0.2) is 15.6 Å². The van der Waals surface area contributed by atoms with Crippen LogP contribution in [-0.4, -0.2) is 30.3 Å². The van der Waals surface area contributed by atoms with E-state index in [0.717, 1.165) is 11.1 Å². The number of urea groups is 1. The van der Waals surface area contributed by atoms with Crippen LogP contribution in [0.2, 0.25) is 0 Å².